The minimum Gasteiger partial charge on any atom is -0.382 e. The lowest BCUT2D eigenvalue weighted by Gasteiger charge is -2.22. The smallest absolute Gasteiger partial charge is 0.327 e. The van der Waals surface area contributed by atoms with Crippen molar-refractivity contribution in [3.8, 4) is 11.3 Å². The van der Waals surface area contributed by atoms with Crippen LogP contribution >= 0.6 is 11.6 Å². The normalized spacial score (nSPS) is 13.5. The summed E-state index contributed by atoms with van der Waals surface area (Å²) in [6, 6.07) is 11.2. The van der Waals surface area contributed by atoms with Crippen molar-refractivity contribution in [1.29, 1.82) is 0 Å². The first-order valence-electron chi connectivity index (χ1n) is 8.68. The third kappa shape index (κ3) is 3.73. The first-order chi connectivity index (χ1) is 13.1. The molecule has 3 aromatic rings. The first-order valence-corrected chi connectivity index (χ1v) is 9.06. The van der Waals surface area contributed by atoms with Gasteiger partial charge in [-0.1, -0.05) is 23.7 Å². The van der Waals surface area contributed by atoms with Crippen LogP contribution in [-0.4, -0.2) is 33.9 Å². The molecule has 0 fully saturated rings. The van der Waals surface area contributed by atoms with Gasteiger partial charge in [0.05, 0.1) is 23.3 Å². The average molecular weight is 383 g/mol. The third-order valence-corrected chi connectivity index (χ3v) is 4.56. The van der Waals surface area contributed by atoms with Crippen LogP contribution in [0.25, 0.3) is 11.3 Å². The van der Waals surface area contributed by atoms with E-state index in [2.05, 4.69) is 15.7 Å². The molecule has 4 rings (SSSR count). The van der Waals surface area contributed by atoms with E-state index in [1.54, 1.807) is 29.0 Å². The number of hydrogen-bond donors (Lipinski definition) is 2. The van der Waals surface area contributed by atoms with Gasteiger partial charge in [0.2, 0.25) is 0 Å². The monoisotopic (exact) mass is 382 g/mol. The van der Waals surface area contributed by atoms with Crippen molar-refractivity contribution in [3.05, 3.63) is 53.8 Å². The number of pyridine rings is 1. The van der Waals surface area contributed by atoms with Crippen LogP contribution in [0.3, 0.4) is 0 Å². The Kier molecular flexibility index (Phi) is 4.68. The van der Waals surface area contributed by atoms with Gasteiger partial charge in [-0.2, -0.15) is 5.10 Å². The molecule has 2 amide bonds. The zero-order chi connectivity index (χ0) is 18.8. The van der Waals surface area contributed by atoms with Gasteiger partial charge in [-0.05, 0) is 30.7 Å². The van der Waals surface area contributed by atoms with Crippen LogP contribution < -0.4 is 15.5 Å². The molecule has 1 aliphatic heterocycles. The van der Waals surface area contributed by atoms with Gasteiger partial charge >= 0.3 is 6.03 Å². The number of nitrogens with one attached hydrogen (secondary N) is 2. The summed E-state index contributed by atoms with van der Waals surface area (Å²) in [6.45, 7) is 1.35. The second-order valence-corrected chi connectivity index (χ2v) is 6.78. The van der Waals surface area contributed by atoms with Gasteiger partial charge in [-0.25, -0.2) is 9.78 Å². The van der Waals surface area contributed by atoms with Gasteiger partial charge in [0.25, 0.3) is 0 Å². The first kappa shape index (κ1) is 17.4. The number of amides is 2. The lowest BCUT2D eigenvalue weighted by Crippen LogP contribution is -2.36. The molecule has 138 valence electrons. The lowest BCUT2D eigenvalue weighted by molar-refractivity contribution is 0.257. The van der Waals surface area contributed by atoms with Crippen molar-refractivity contribution in [2.75, 3.05) is 28.6 Å². The number of halogens is 1. The summed E-state index contributed by atoms with van der Waals surface area (Å²) in [7, 11) is 1.81. The van der Waals surface area contributed by atoms with E-state index >= 15 is 0 Å². The van der Waals surface area contributed by atoms with E-state index in [-0.39, 0.29) is 6.03 Å². The van der Waals surface area contributed by atoms with Crippen LogP contribution in [0, 0.1) is 0 Å². The van der Waals surface area contributed by atoms with Crippen molar-refractivity contribution in [3.63, 3.8) is 0 Å². The van der Waals surface area contributed by atoms with E-state index in [9.17, 15) is 4.79 Å². The molecule has 7 nitrogen and oxygen atoms in total. The summed E-state index contributed by atoms with van der Waals surface area (Å²) < 4.78 is 1.64. The summed E-state index contributed by atoms with van der Waals surface area (Å²) in [4.78, 5) is 19.3. The van der Waals surface area contributed by atoms with Gasteiger partial charge in [-0.3, -0.25) is 9.58 Å². The van der Waals surface area contributed by atoms with E-state index in [1.807, 2.05) is 36.4 Å². The molecule has 0 aliphatic carbocycles. The zero-order valence-electron chi connectivity index (χ0n) is 14.8. The summed E-state index contributed by atoms with van der Waals surface area (Å²) in [6.07, 6.45) is 4.19. The highest BCUT2D eigenvalue weighted by Gasteiger charge is 2.23. The Bertz CT molecular complexity index is 986. The molecule has 0 unspecified atom stereocenters. The number of nitrogens with zero attached hydrogens (tertiary/aromatic N) is 4. The van der Waals surface area contributed by atoms with Gasteiger partial charge < -0.3 is 10.6 Å². The van der Waals surface area contributed by atoms with Crippen LogP contribution in [0.1, 0.15) is 6.42 Å². The molecule has 1 aromatic carbocycles. The van der Waals surface area contributed by atoms with Crippen LogP contribution in [0.5, 0.6) is 0 Å². The fraction of sp³-hybridized carbons (Fsp3) is 0.211. The SMILES string of the molecule is Cn1cc(NC(=O)N2CCCNc3ccc(-c4cccc(Cl)c4)nc32)cn1. The number of rotatable bonds is 2. The Morgan fingerprint density at radius 3 is 2.96 bits per heavy atom. The van der Waals surface area contributed by atoms with Gasteiger partial charge in [0.1, 0.15) is 0 Å². The highest BCUT2D eigenvalue weighted by molar-refractivity contribution is 6.30. The molecule has 2 N–H and O–H groups in total. The molecule has 8 heteroatoms. The maximum Gasteiger partial charge on any atom is 0.327 e. The number of fused-ring (bicyclic) bond motifs is 1. The molecule has 0 spiro atoms. The Hall–Kier alpha value is -3.06. The maximum atomic E-state index is 12.9. The van der Waals surface area contributed by atoms with Crippen LogP contribution in [0.15, 0.2) is 48.8 Å². The molecule has 3 heterocycles. The predicted molar refractivity (Wildman–Crippen MR) is 107 cm³/mol. The second-order valence-electron chi connectivity index (χ2n) is 6.34. The molecule has 0 radical (unpaired) electrons. The average Bonchev–Trinajstić information content (AvgIpc) is 2.94. The molecule has 0 saturated carbocycles. The standard InChI is InChI=1S/C19H19ClN6O/c1-25-12-15(11-22-25)23-19(27)26-9-3-8-21-17-7-6-16(24-18(17)26)13-4-2-5-14(20)10-13/h2,4-7,10-12,21H,3,8-9H2,1H3,(H,23,27). The van der Waals surface area contributed by atoms with Gasteiger partial charge in [0, 0.05) is 36.9 Å². The minimum absolute atomic E-state index is 0.233. The zero-order valence-corrected chi connectivity index (χ0v) is 15.6. The Morgan fingerprint density at radius 1 is 1.30 bits per heavy atom. The summed E-state index contributed by atoms with van der Waals surface area (Å²) >= 11 is 6.11. The van der Waals surface area contributed by atoms with Crippen LogP contribution in [0.2, 0.25) is 5.02 Å². The van der Waals surface area contributed by atoms with Gasteiger partial charge in [0.15, 0.2) is 5.82 Å². The molecule has 0 atom stereocenters. The van der Waals surface area contributed by atoms with Crippen molar-refractivity contribution in [2.45, 2.75) is 6.42 Å². The molecule has 0 bridgehead atoms. The van der Waals surface area contributed by atoms with Crippen LogP contribution in [0.4, 0.5) is 22.0 Å². The molecule has 1 aliphatic rings. The van der Waals surface area contributed by atoms with Crippen molar-refractivity contribution in [1.82, 2.24) is 14.8 Å². The molecule has 27 heavy (non-hydrogen) atoms. The fourth-order valence-corrected chi connectivity index (χ4v) is 3.23. The van der Waals surface area contributed by atoms with E-state index in [0.717, 1.165) is 29.9 Å². The number of urea groups is 1. The summed E-state index contributed by atoms with van der Waals surface area (Å²) in [5, 5.41) is 11.0. The van der Waals surface area contributed by atoms with Crippen molar-refractivity contribution < 1.29 is 4.79 Å². The topological polar surface area (TPSA) is 75.1 Å². The summed E-state index contributed by atoms with van der Waals surface area (Å²) in [5.41, 5.74) is 3.15. The number of carbonyl (C=O) groups excluding carboxylic acids is 1. The molecular formula is C19H19ClN6O. The maximum absolute atomic E-state index is 12.9. The molecular weight excluding hydrogens is 364 g/mol. The lowest BCUT2D eigenvalue weighted by atomic mass is 10.1. The van der Waals surface area contributed by atoms with E-state index in [1.165, 1.54) is 0 Å². The summed E-state index contributed by atoms with van der Waals surface area (Å²) in [5.74, 6) is 0.603. The Balaban J connectivity index is 1.68. The van der Waals surface area contributed by atoms with Crippen LogP contribution in [-0.2, 0) is 7.05 Å². The predicted octanol–water partition coefficient (Wildman–Crippen LogP) is 3.99. The Morgan fingerprint density at radius 2 is 2.19 bits per heavy atom. The van der Waals surface area contributed by atoms with E-state index in [4.69, 9.17) is 16.6 Å². The molecule has 2 aromatic heterocycles. The number of aromatic nitrogens is 3. The number of carbonyl (C=O) groups is 1. The highest BCUT2D eigenvalue weighted by atomic mass is 35.5. The second kappa shape index (κ2) is 7.28. The fourth-order valence-electron chi connectivity index (χ4n) is 3.04. The van der Waals surface area contributed by atoms with Gasteiger partial charge in [-0.15, -0.1) is 0 Å². The van der Waals surface area contributed by atoms with Crippen molar-refractivity contribution in [2.24, 2.45) is 7.05 Å². The number of aryl methyl sites for hydroxylation is 1. The Labute approximate surface area is 162 Å². The number of benzene rings is 1. The minimum atomic E-state index is -0.233. The number of anilines is 3. The van der Waals surface area contributed by atoms with E-state index < -0.39 is 0 Å². The number of hydrogen-bond acceptors (Lipinski definition) is 4. The molecule has 0 saturated heterocycles. The third-order valence-electron chi connectivity index (χ3n) is 4.33. The highest BCUT2D eigenvalue weighted by Crippen LogP contribution is 2.31. The van der Waals surface area contributed by atoms with E-state index in [0.29, 0.717) is 23.1 Å². The van der Waals surface area contributed by atoms with Crippen molar-refractivity contribution >= 4 is 34.8 Å². The quantitative estimate of drug-likeness (QED) is 0.702. The largest absolute Gasteiger partial charge is 0.382 e.